The molecule has 140 valence electrons. The third-order valence-electron chi connectivity index (χ3n) is 4.63. The largest absolute Gasteiger partial charge is 0.459 e. The van der Waals surface area contributed by atoms with Crippen molar-refractivity contribution in [3.8, 4) is 10.8 Å². The van der Waals surface area contributed by atoms with Crippen molar-refractivity contribution in [2.24, 2.45) is 0 Å². The number of aromatic nitrogens is 2. The van der Waals surface area contributed by atoms with E-state index in [-0.39, 0.29) is 17.9 Å². The quantitative estimate of drug-likeness (QED) is 0.723. The van der Waals surface area contributed by atoms with Gasteiger partial charge in [-0.05, 0) is 44.0 Å². The van der Waals surface area contributed by atoms with Crippen molar-refractivity contribution >= 4 is 23.2 Å². The molecule has 2 amide bonds. The van der Waals surface area contributed by atoms with Gasteiger partial charge in [-0.1, -0.05) is 0 Å². The van der Waals surface area contributed by atoms with E-state index in [2.05, 4.69) is 15.3 Å². The van der Waals surface area contributed by atoms with Crippen LogP contribution >= 0.6 is 11.3 Å². The number of likely N-dealkylation sites (tertiary alicyclic amines) is 1. The molecule has 0 radical (unpaired) electrons. The number of carbonyl (C=O) groups is 2. The van der Waals surface area contributed by atoms with Crippen molar-refractivity contribution < 1.29 is 14.0 Å². The maximum Gasteiger partial charge on any atom is 0.273 e. The molecule has 1 fully saturated rings. The number of aryl methyl sites for hydroxylation is 1. The number of H-pyrrole nitrogens is 1. The molecule has 0 unspecified atom stereocenters. The van der Waals surface area contributed by atoms with Crippen LogP contribution in [0.2, 0.25) is 0 Å². The lowest BCUT2D eigenvalue weighted by Crippen LogP contribution is -2.46. The summed E-state index contributed by atoms with van der Waals surface area (Å²) in [6.45, 7) is 3.07. The third kappa shape index (κ3) is 3.80. The lowest BCUT2D eigenvalue weighted by Gasteiger charge is -2.31. The average molecular weight is 384 g/mol. The van der Waals surface area contributed by atoms with Crippen LogP contribution < -0.4 is 5.32 Å². The van der Waals surface area contributed by atoms with E-state index in [1.54, 1.807) is 28.6 Å². The number of furan rings is 1. The van der Waals surface area contributed by atoms with Crippen molar-refractivity contribution in [3.05, 3.63) is 53.0 Å². The Labute approximate surface area is 160 Å². The Kier molecular flexibility index (Phi) is 4.81. The highest BCUT2D eigenvalue weighted by Crippen LogP contribution is 2.26. The summed E-state index contributed by atoms with van der Waals surface area (Å²) in [5.74, 6) is 1.32. The number of nitrogens with one attached hydrogen (secondary N) is 2. The molecule has 27 heavy (non-hydrogen) atoms. The summed E-state index contributed by atoms with van der Waals surface area (Å²) in [6, 6.07) is 7.35. The number of amides is 2. The fourth-order valence-electron chi connectivity index (χ4n) is 3.16. The summed E-state index contributed by atoms with van der Waals surface area (Å²) in [6.07, 6.45) is 3.18. The van der Waals surface area contributed by atoms with Crippen LogP contribution in [-0.4, -0.2) is 45.8 Å². The Morgan fingerprint density at radius 2 is 2.11 bits per heavy atom. The summed E-state index contributed by atoms with van der Waals surface area (Å²) in [7, 11) is 0. The van der Waals surface area contributed by atoms with Crippen molar-refractivity contribution in [1.82, 2.24) is 20.2 Å². The van der Waals surface area contributed by atoms with Crippen LogP contribution in [0.4, 0.5) is 0 Å². The smallest absolute Gasteiger partial charge is 0.273 e. The van der Waals surface area contributed by atoms with Gasteiger partial charge in [0, 0.05) is 30.7 Å². The standard InChI is InChI=1S/C19H20N4O3S/c1-12-4-5-16(26-12)18-22-15(11-27-18)19(25)23-9-6-13(7-10-23)21-17(24)14-3-2-8-20-14/h2-5,8,11,13,20H,6-7,9-10H2,1H3,(H,21,24). The first-order chi connectivity index (χ1) is 13.1. The number of hydrogen-bond donors (Lipinski definition) is 2. The van der Waals surface area contributed by atoms with E-state index in [4.69, 9.17) is 4.42 Å². The molecule has 0 aliphatic carbocycles. The van der Waals surface area contributed by atoms with E-state index in [1.807, 2.05) is 19.1 Å². The minimum Gasteiger partial charge on any atom is -0.459 e. The van der Waals surface area contributed by atoms with E-state index in [1.165, 1.54) is 11.3 Å². The van der Waals surface area contributed by atoms with Crippen LogP contribution in [-0.2, 0) is 0 Å². The second kappa shape index (κ2) is 7.40. The zero-order valence-electron chi connectivity index (χ0n) is 14.9. The molecule has 2 N–H and O–H groups in total. The highest BCUT2D eigenvalue weighted by molar-refractivity contribution is 7.13. The Morgan fingerprint density at radius 3 is 2.78 bits per heavy atom. The number of rotatable bonds is 4. The zero-order valence-corrected chi connectivity index (χ0v) is 15.7. The molecule has 4 heterocycles. The van der Waals surface area contributed by atoms with Crippen molar-refractivity contribution in [3.63, 3.8) is 0 Å². The van der Waals surface area contributed by atoms with E-state index >= 15 is 0 Å². The number of thiazole rings is 1. The third-order valence-corrected chi connectivity index (χ3v) is 5.49. The number of hydrogen-bond acceptors (Lipinski definition) is 5. The van der Waals surface area contributed by atoms with Crippen LogP contribution in [0.3, 0.4) is 0 Å². The highest BCUT2D eigenvalue weighted by Gasteiger charge is 2.26. The molecule has 4 rings (SSSR count). The zero-order chi connectivity index (χ0) is 18.8. The molecule has 0 atom stereocenters. The Bertz CT molecular complexity index is 936. The fourth-order valence-corrected chi connectivity index (χ4v) is 3.91. The minimum atomic E-state index is -0.109. The number of carbonyl (C=O) groups excluding carboxylic acids is 2. The molecule has 3 aromatic heterocycles. The molecular formula is C19H20N4O3S. The average Bonchev–Trinajstić information content (AvgIpc) is 3.43. The second-order valence-electron chi connectivity index (χ2n) is 6.57. The van der Waals surface area contributed by atoms with Crippen molar-refractivity contribution in [2.75, 3.05) is 13.1 Å². The van der Waals surface area contributed by atoms with Gasteiger partial charge < -0.3 is 19.6 Å². The maximum atomic E-state index is 12.7. The first kappa shape index (κ1) is 17.5. The van der Waals surface area contributed by atoms with Crippen LogP contribution in [0.25, 0.3) is 10.8 Å². The van der Waals surface area contributed by atoms with Crippen molar-refractivity contribution in [2.45, 2.75) is 25.8 Å². The van der Waals surface area contributed by atoms with Gasteiger partial charge in [-0.3, -0.25) is 9.59 Å². The van der Waals surface area contributed by atoms with Gasteiger partial charge in [-0.25, -0.2) is 4.98 Å². The molecule has 0 aromatic carbocycles. The first-order valence-corrected chi connectivity index (χ1v) is 9.74. The summed E-state index contributed by atoms with van der Waals surface area (Å²) in [4.78, 5) is 33.9. The molecular weight excluding hydrogens is 364 g/mol. The van der Waals surface area contributed by atoms with Gasteiger partial charge in [0.05, 0.1) is 0 Å². The first-order valence-electron chi connectivity index (χ1n) is 8.86. The van der Waals surface area contributed by atoms with Crippen LogP contribution in [0.1, 0.15) is 39.6 Å². The van der Waals surface area contributed by atoms with Gasteiger partial charge in [-0.15, -0.1) is 11.3 Å². The molecule has 1 aliphatic rings. The fraction of sp³-hybridized carbons (Fsp3) is 0.316. The number of nitrogens with zero attached hydrogens (tertiary/aromatic N) is 2. The molecule has 7 nitrogen and oxygen atoms in total. The van der Waals surface area contributed by atoms with E-state index in [0.717, 1.165) is 18.6 Å². The number of aromatic amines is 1. The molecule has 0 spiro atoms. The van der Waals surface area contributed by atoms with Gasteiger partial charge in [-0.2, -0.15) is 0 Å². The molecule has 8 heteroatoms. The topological polar surface area (TPSA) is 91.2 Å². The predicted molar refractivity (Wildman–Crippen MR) is 102 cm³/mol. The molecule has 1 aliphatic heterocycles. The van der Waals surface area contributed by atoms with Crippen molar-refractivity contribution in [1.29, 1.82) is 0 Å². The SMILES string of the molecule is Cc1ccc(-c2nc(C(=O)N3CCC(NC(=O)c4ccc[nH]4)CC3)cs2)o1. The van der Waals surface area contributed by atoms with Crippen LogP contribution in [0.5, 0.6) is 0 Å². The predicted octanol–water partition coefficient (Wildman–Crippen LogP) is 3.07. The summed E-state index contributed by atoms with van der Waals surface area (Å²) >= 11 is 1.40. The maximum absolute atomic E-state index is 12.7. The molecule has 0 saturated carbocycles. The van der Waals surface area contributed by atoms with Gasteiger partial charge >= 0.3 is 0 Å². The highest BCUT2D eigenvalue weighted by atomic mass is 32.1. The normalized spacial score (nSPS) is 15.1. The van der Waals surface area contributed by atoms with Gasteiger partial charge in [0.15, 0.2) is 10.8 Å². The minimum absolute atomic E-state index is 0.0712. The van der Waals surface area contributed by atoms with E-state index in [9.17, 15) is 9.59 Å². The Hall–Kier alpha value is -2.87. The lowest BCUT2D eigenvalue weighted by atomic mass is 10.0. The molecule has 1 saturated heterocycles. The van der Waals surface area contributed by atoms with Crippen LogP contribution in [0.15, 0.2) is 40.3 Å². The Balaban J connectivity index is 1.33. The van der Waals surface area contributed by atoms with E-state index < -0.39 is 0 Å². The van der Waals surface area contributed by atoms with Gasteiger partial charge in [0.25, 0.3) is 11.8 Å². The molecule has 3 aromatic rings. The second-order valence-corrected chi connectivity index (χ2v) is 7.43. The summed E-state index contributed by atoms with van der Waals surface area (Å²) < 4.78 is 5.57. The van der Waals surface area contributed by atoms with Crippen LogP contribution in [0, 0.1) is 6.92 Å². The molecule has 0 bridgehead atoms. The van der Waals surface area contributed by atoms with Gasteiger partial charge in [0.2, 0.25) is 0 Å². The number of piperidine rings is 1. The summed E-state index contributed by atoms with van der Waals surface area (Å²) in [5, 5.41) is 5.49. The summed E-state index contributed by atoms with van der Waals surface area (Å²) in [5.41, 5.74) is 0.995. The monoisotopic (exact) mass is 384 g/mol. The Morgan fingerprint density at radius 1 is 1.30 bits per heavy atom. The van der Waals surface area contributed by atoms with Gasteiger partial charge in [0.1, 0.15) is 17.1 Å². The van der Waals surface area contributed by atoms with E-state index in [0.29, 0.717) is 35.2 Å². The lowest BCUT2D eigenvalue weighted by molar-refractivity contribution is 0.0693.